The zero-order chi connectivity index (χ0) is 13.3. The molecule has 0 aliphatic carbocycles. The van der Waals surface area contributed by atoms with Crippen LogP contribution in [0.4, 0.5) is 10.6 Å². The van der Waals surface area contributed by atoms with E-state index in [1.54, 1.807) is 17.2 Å². The number of urea groups is 1. The maximum atomic E-state index is 12.3. The third kappa shape index (κ3) is 2.27. The van der Waals surface area contributed by atoms with E-state index < -0.39 is 0 Å². The summed E-state index contributed by atoms with van der Waals surface area (Å²) in [5, 5.41) is 0.165. The van der Waals surface area contributed by atoms with Gasteiger partial charge in [-0.15, -0.1) is 0 Å². The standard InChI is InChI=1S/C12H17ClN4O/c1-4-16-7-9(8(2)3)17(12(16)18)10-5-6-14-11(13)15-10/h5-6,8-9H,4,7H2,1-3H3. The Morgan fingerprint density at radius 3 is 2.83 bits per heavy atom. The van der Waals surface area contributed by atoms with E-state index in [0.29, 0.717) is 18.3 Å². The third-order valence-electron chi connectivity index (χ3n) is 3.23. The van der Waals surface area contributed by atoms with Gasteiger partial charge < -0.3 is 4.90 Å². The molecule has 98 valence electrons. The number of hydrogen-bond donors (Lipinski definition) is 0. The van der Waals surface area contributed by atoms with Gasteiger partial charge in [0.25, 0.3) is 0 Å². The number of hydrogen-bond acceptors (Lipinski definition) is 3. The molecule has 1 saturated heterocycles. The monoisotopic (exact) mass is 268 g/mol. The van der Waals surface area contributed by atoms with Gasteiger partial charge in [0.2, 0.25) is 5.28 Å². The molecule has 18 heavy (non-hydrogen) atoms. The van der Waals surface area contributed by atoms with E-state index in [9.17, 15) is 4.79 Å². The smallest absolute Gasteiger partial charge is 0.322 e. The molecule has 0 saturated carbocycles. The molecular weight excluding hydrogens is 252 g/mol. The number of likely N-dealkylation sites (N-methyl/N-ethyl adjacent to an activating group) is 1. The van der Waals surface area contributed by atoms with Gasteiger partial charge in [-0.05, 0) is 30.5 Å². The molecule has 2 heterocycles. The topological polar surface area (TPSA) is 49.3 Å². The van der Waals surface area contributed by atoms with E-state index in [2.05, 4.69) is 23.8 Å². The molecule has 0 spiro atoms. The van der Waals surface area contributed by atoms with Crippen LogP contribution in [0.3, 0.4) is 0 Å². The van der Waals surface area contributed by atoms with Gasteiger partial charge >= 0.3 is 6.03 Å². The molecule has 6 heteroatoms. The highest BCUT2D eigenvalue weighted by Crippen LogP contribution is 2.27. The fraction of sp³-hybridized carbons (Fsp3) is 0.583. The Hall–Kier alpha value is -1.36. The summed E-state index contributed by atoms with van der Waals surface area (Å²) in [5.41, 5.74) is 0. The first kappa shape index (κ1) is 13.1. The molecule has 2 amide bonds. The molecular formula is C12H17ClN4O. The van der Waals surface area contributed by atoms with Crippen molar-refractivity contribution in [1.82, 2.24) is 14.9 Å². The maximum Gasteiger partial charge on any atom is 0.326 e. The summed E-state index contributed by atoms with van der Waals surface area (Å²) in [6, 6.07) is 1.84. The van der Waals surface area contributed by atoms with Crippen LogP contribution in [0.15, 0.2) is 12.3 Å². The van der Waals surface area contributed by atoms with Crippen LogP contribution in [0.2, 0.25) is 5.28 Å². The predicted octanol–water partition coefficient (Wildman–Crippen LogP) is 2.42. The summed E-state index contributed by atoms with van der Waals surface area (Å²) in [5.74, 6) is 0.939. The number of carbonyl (C=O) groups excluding carboxylic acids is 1. The molecule has 1 aliphatic rings. The number of nitrogens with zero attached hydrogens (tertiary/aromatic N) is 4. The Kier molecular flexibility index (Phi) is 3.71. The molecule has 1 fully saturated rings. The van der Waals surface area contributed by atoms with Crippen LogP contribution in [0.5, 0.6) is 0 Å². The van der Waals surface area contributed by atoms with E-state index in [1.165, 1.54) is 0 Å². The normalized spacial score (nSPS) is 20.1. The SMILES string of the molecule is CCN1CC(C(C)C)N(c2ccnc(Cl)n2)C1=O. The summed E-state index contributed by atoms with van der Waals surface area (Å²) < 4.78 is 0. The van der Waals surface area contributed by atoms with E-state index in [4.69, 9.17) is 11.6 Å². The molecule has 0 aromatic carbocycles. The number of amides is 2. The minimum atomic E-state index is -0.00836. The second kappa shape index (κ2) is 5.10. The first-order valence-corrected chi connectivity index (χ1v) is 6.49. The fourth-order valence-electron chi connectivity index (χ4n) is 2.18. The third-order valence-corrected chi connectivity index (χ3v) is 3.41. The first-order valence-electron chi connectivity index (χ1n) is 6.11. The quantitative estimate of drug-likeness (QED) is 0.791. The summed E-state index contributed by atoms with van der Waals surface area (Å²) in [7, 11) is 0. The van der Waals surface area contributed by atoms with Crippen molar-refractivity contribution in [3.63, 3.8) is 0 Å². The lowest BCUT2D eigenvalue weighted by atomic mass is 10.0. The largest absolute Gasteiger partial charge is 0.326 e. The molecule has 1 aliphatic heterocycles. The van der Waals surface area contributed by atoms with Gasteiger partial charge in [0.1, 0.15) is 5.82 Å². The molecule has 0 radical (unpaired) electrons. The molecule has 1 aromatic rings. The summed E-state index contributed by atoms with van der Waals surface area (Å²) in [6.45, 7) is 7.62. The van der Waals surface area contributed by atoms with Gasteiger partial charge in [0, 0.05) is 19.3 Å². The van der Waals surface area contributed by atoms with Crippen LogP contribution in [0.25, 0.3) is 0 Å². The van der Waals surface area contributed by atoms with Crippen molar-refractivity contribution in [3.8, 4) is 0 Å². The lowest BCUT2D eigenvalue weighted by molar-refractivity contribution is 0.222. The molecule has 0 N–H and O–H groups in total. The molecule has 1 unspecified atom stereocenters. The summed E-state index contributed by atoms with van der Waals surface area (Å²) in [6.07, 6.45) is 1.57. The molecule has 5 nitrogen and oxygen atoms in total. The van der Waals surface area contributed by atoms with E-state index in [1.807, 2.05) is 11.8 Å². The van der Waals surface area contributed by atoms with Crippen molar-refractivity contribution in [2.75, 3.05) is 18.0 Å². The van der Waals surface area contributed by atoms with Crippen molar-refractivity contribution < 1.29 is 4.79 Å². The molecule has 2 rings (SSSR count). The van der Waals surface area contributed by atoms with Crippen molar-refractivity contribution in [1.29, 1.82) is 0 Å². The molecule has 1 aromatic heterocycles. The van der Waals surface area contributed by atoms with Crippen molar-refractivity contribution in [3.05, 3.63) is 17.5 Å². The Bertz CT molecular complexity index is 451. The average molecular weight is 269 g/mol. The van der Waals surface area contributed by atoms with Crippen LogP contribution < -0.4 is 4.90 Å². The van der Waals surface area contributed by atoms with Crippen LogP contribution in [-0.4, -0.2) is 40.0 Å². The number of aromatic nitrogens is 2. The van der Waals surface area contributed by atoms with E-state index in [-0.39, 0.29) is 17.4 Å². The van der Waals surface area contributed by atoms with Crippen LogP contribution >= 0.6 is 11.6 Å². The Balaban J connectivity index is 2.36. The van der Waals surface area contributed by atoms with Gasteiger partial charge in [0.05, 0.1) is 6.04 Å². The summed E-state index contributed by atoms with van der Waals surface area (Å²) >= 11 is 5.79. The highest BCUT2D eigenvalue weighted by molar-refractivity contribution is 6.28. The van der Waals surface area contributed by atoms with Crippen molar-refractivity contribution in [2.24, 2.45) is 5.92 Å². The minimum Gasteiger partial charge on any atom is -0.322 e. The number of rotatable bonds is 3. The highest BCUT2D eigenvalue weighted by atomic mass is 35.5. The molecule has 1 atom stereocenters. The molecule has 0 bridgehead atoms. The second-order valence-corrected chi connectivity index (χ2v) is 5.02. The van der Waals surface area contributed by atoms with Crippen LogP contribution in [0, 0.1) is 5.92 Å². The predicted molar refractivity (Wildman–Crippen MR) is 70.8 cm³/mol. The lowest BCUT2D eigenvalue weighted by Crippen LogP contribution is -2.38. The Labute approximate surface area is 112 Å². The number of carbonyl (C=O) groups is 1. The van der Waals surface area contributed by atoms with Crippen molar-refractivity contribution in [2.45, 2.75) is 26.8 Å². The van der Waals surface area contributed by atoms with Gasteiger partial charge in [-0.1, -0.05) is 13.8 Å². The number of halogens is 1. The van der Waals surface area contributed by atoms with Crippen molar-refractivity contribution >= 4 is 23.4 Å². The minimum absolute atomic E-state index is 0.00836. The Morgan fingerprint density at radius 1 is 1.56 bits per heavy atom. The Morgan fingerprint density at radius 2 is 2.28 bits per heavy atom. The zero-order valence-electron chi connectivity index (χ0n) is 10.8. The maximum absolute atomic E-state index is 12.3. The van der Waals surface area contributed by atoms with Gasteiger partial charge in [-0.25, -0.2) is 14.8 Å². The van der Waals surface area contributed by atoms with Crippen LogP contribution in [-0.2, 0) is 0 Å². The average Bonchev–Trinajstić information content (AvgIpc) is 2.66. The van der Waals surface area contributed by atoms with E-state index >= 15 is 0 Å². The fourth-order valence-corrected chi connectivity index (χ4v) is 2.32. The van der Waals surface area contributed by atoms with Gasteiger partial charge in [-0.2, -0.15) is 0 Å². The number of anilines is 1. The first-order chi connectivity index (χ1) is 8.54. The highest BCUT2D eigenvalue weighted by Gasteiger charge is 2.39. The lowest BCUT2D eigenvalue weighted by Gasteiger charge is -2.24. The van der Waals surface area contributed by atoms with Gasteiger partial charge in [0.15, 0.2) is 0 Å². The zero-order valence-corrected chi connectivity index (χ0v) is 11.6. The van der Waals surface area contributed by atoms with Crippen LogP contribution in [0.1, 0.15) is 20.8 Å². The van der Waals surface area contributed by atoms with E-state index in [0.717, 1.165) is 6.54 Å². The second-order valence-electron chi connectivity index (χ2n) is 4.69. The van der Waals surface area contributed by atoms with Gasteiger partial charge in [-0.3, -0.25) is 4.90 Å². The summed E-state index contributed by atoms with van der Waals surface area (Å²) in [4.78, 5) is 23.8.